The smallest absolute Gasteiger partial charge is 0.220 e. The zero-order valence-corrected chi connectivity index (χ0v) is 11.6. The first kappa shape index (κ1) is 14.3. The number of carbonyl (C=O) groups is 1. The SMILES string of the molecule is CC(NC(=O)CCCN)c1ccc(-n2cccn2)cc1. The van der Waals surface area contributed by atoms with Gasteiger partial charge < -0.3 is 11.1 Å². The van der Waals surface area contributed by atoms with Crippen LogP contribution in [0.4, 0.5) is 0 Å². The van der Waals surface area contributed by atoms with Gasteiger partial charge in [0.05, 0.1) is 11.7 Å². The Labute approximate surface area is 118 Å². The molecule has 106 valence electrons. The lowest BCUT2D eigenvalue weighted by Crippen LogP contribution is -2.26. The molecule has 0 spiro atoms. The number of nitrogens with one attached hydrogen (secondary N) is 1. The minimum Gasteiger partial charge on any atom is -0.350 e. The molecule has 3 N–H and O–H groups in total. The highest BCUT2D eigenvalue weighted by molar-refractivity contribution is 5.76. The molecule has 1 heterocycles. The molecule has 1 atom stereocenters. The molecule has 0 aliphatic rings. The van der Waals surface area contributed by atoms with E-state index in [4.69, 9.17) is 5.73 Å². The monoisotopic (exact) mass is 272 g/mol. The number of hydrogen-bond acceptors (Lipinski definition) is 3. The van der Waals surface area contributed by atoms with Crippen molar-refractivity contribution in [3.05, 3.63) is 48.3 Å². The average molecular weight is 272 g/mol. The molecule has 0 aliphatic carbocycles. The Morgan fingerprint density at radius 1 is 1.40 bits per heavy atom. The molecule has 1 aromatic carbocycles. The second kappa shape index (κ2) is 6.86. The lowest BCUT2D eigenvalue weighted by atomic mass is 10.1. The van der Waals surface area contributed by atoms with Crippen molar-refractivity contribution in [1.82, 2.24) is 15.1 Å². The summed E-state index contributed by atoms with van der Waals surface area (Å²) in [6, 6.07) is 9.87. The van der Waals surface area contributed by atoms with E-state index in [9.17, 15) is 4.79 Å². The highest BCUT2D eigenvalue weighted by Crippen LogP contribution is 2.15. The van der Waals surface area contributed by atoms with Crippen LogP contribution < -0.4 is 11.1 Å². The molecule has 2 aromatic rings. The van der Waals surface area contributed by atoms with E-state index in [1.807, 2.05) is 43.5 Å². The minimum absolute atomic E-state index is 0.00746. The van der Waals surface area contributed by atoms with E-state index in [1.54, 1.807) is 10.9 Å². The maximum atomic E-state index is 11.7. The van der Waals surface area contributed by atoms with Crippen molar-refractivity contribution in [2.75, 3.05) is 6.54 Å². The molecular weight excluding hydrogens is 252 g/mol. The minimum atomic E-state index is -0.00746. The first-order valence-electron chi connectivity index (χ1n) is 6.80. The van der Waals surface area contributed by atoms with Gasteiger partial charge in [-0.2, -0.15) is 5.10 Å². The molecule has 0 radical (unpaired) electrons. The normalized spacial score (nSPS) is 12.1. The lowest BCUT2D eigenvalue weighted by molar-refractivity contribution is -0.121. The van der Waals surface area contributed by atoms with Gasteiger partial charge in [-0.1, -0.05) is 12.1 Å². The van der Waals surface area contributed by atoms with Crippen molar-refractivity contribution in [2.45, 2.75) is 25.8 Å². The van der Waals surface area contributed by atoms with Crippen molar-refractivity contribution in [2.24, 2.45) is 5.73 Å². The summed E-state index contributed by atoms with van der Waals surface area (Å²) >= 11 is 0. The Morgan fingerprint density at radius 3 is 2.75 bits per heavy atom. The number of benzene rings is 1. The molecule has 0 aliphatic heterocycles. The van der Waals surface area contributed by atoms with E-state index in [0.29, 0.717) is 13.0 Å². The van der Waals surface area contributed by atoms with Crippen LogP contribution in [0.2, 0.25) is 0 Å². The molecule has 1 unspecified atom stereocenters. The van der Waals surface area contributed by atoms with E-state index in [2.05, 4.69) is 10.4 Å². The van der Waals surface area contributed by atoms with Gasteiger partial charge in [-0.15, -0.1) is 0 Å². The van der Waals surface area contributed by atoms with Crippen LogP contribution in [0.5, 0.6) is 0 Å². The van der Waals surface area contributed by atoms with Gasteiger partial charge in [0.25, 0.3) is 0 Å². The molecule has 5 nitrogen and oxygen atoms in total. The van der Waals surface area contributed by atoms with E-state index >= 15 is 0 Å². The summed E-state index contributed by atoms with van der Waals surface area (Å²) < 4.78 is 1.80. The fraction of sp³-hybridized carbons (Fsp3) is 0.333. The molecule has 0 saturated carbocycles. The van der Waals surface area contributed by atoms with Crippen molar-refractivity contribution in [3.8, 4) is 5.69 Å². The summed E-state index contributed by atoms with van der Waals surface area (Å²) in [7, 11) is 0. The molecule has 1 amide bonds. The van der Waals surface area contributed by atoms with Gasteiger partial charge in [-0.25, -0.2) is 4.68 Å². The second-order valence-electron chi connectivity index (χ2n) is 4.72. The van der Waals surface area contributed by atoms with Crippen LogP contribution in [0.25, 0.3) is 5.69 Å². The van der Waals surface area contributed by atoms with Gasteiger partial charge in [0.1, 0.15) is 0 Å². The third-order valence-corrected chi connectivity index (χ3v) is 3.15. The van der Waals surface area contributed by atoms with Gasteiger partial charge in [-0.05, 0) is 43.7 Å². The van der Waals surface area contributed by atoms with Crippen LogP contribution in [0.1, 0.15) is 31.4 Å². The van der Waals surface area contributed by atoms with Gasteiger partial charge in [-0.3, -0.25) is 4.79 Å². The summed E-state index contributed by atoms with van der Waals surface area (Å²) in [4.78, 5) is 11.7. The zero-order chi connectivity index (χ0) is 14.4. The fourth-order valence-electron chi connectivity index (χ4n) is 2.00. The van der Waals surface area contributed by atoms with Crippen LogP contribution >= 0.6 is 0 Å². The quantitative estimate of drug-likeness (QED) is 0.842. The Hall–Kier alpha value is -2.14. The first-order valence-corrected chi connectivity index (χ1v) is 6.80. The highest BCUT2D eigenvalue weighted by Gasteiger charge is 2.09. The second-order valence-corrected chi connectivity index (χ2v) is 4.72. The van der Waals surface area contributed by atoms with Crippen LogP contribution in [-0.2, 0) is 4.79 Å². The molecular formula is C15H20N4O. The summed E-state index contributed by atoms with van der Waals surface area (Å²) in [6.45, 7) is 2.52. The Bertz CT molecular complexity index is 534. The lowest BCUT2D eigenvalue weighted by Gasteiger charge is -2.14. The van der Waals surface area contributed by atoms with Crippen molar-refractivity contribution >= 4 is 5.91 Å². The number of amides is 1. The fourth-order valence-corrected chi connectivity index (χ4v) is 2.00. The van der Waals surface area contributed by atoms with Gasteiger partial charge in [0.15, 0.2) is 0 Å². The van der Waals surface area contributed by atoms with Crippen molar-refractivity contribution in [3.63, 3.8) is 0 Å². The third-order valence-electron chi connectivity index (χ3n) is 3.15. The Morgan fingerprint density at radius 2 is 2.15 bits per heavy atom. The van der Waals surface area contributed by atoms with E-state index in [-0.39, 0.29) is 11.9 Å². The molecule has 0 fully saturated rings. The standard InChI is InChI=1S/C15H20N4O/c1-12(18-15(20)4-2-9-16)13-5-7-14(8-6-13)19-11-3-10-17-19/h3,5-8,10-12H,2,4,9,16H2,1H3,(H,18,20). The van der Waals surface area contributed by atoms with E-state index < -0.39 is 0 Å². The number of hydrogen-bond donors (Lipinski definition) is 2. The van der Waals surface area contributed by atoms with Crippen LogP contribution in [0.3, 0.4) is 0 Å². The largest absolute Gasteiger partial charge is 0.350 e. The van der Waals surface area contributed by atoms with Gasteiger partial charge in [0.2, 0.25) is 5.91 Å². The van der Waals surface area contributed by atoms with E-state index in [1.165, 1.54) is 0 Å². The van der Waals surface area contributed by atoms with Crippen LogP contribution in [0, 0.1) is 0 Å². The number of aromatic nitrogens is 2. The zero-order valence-electron chi connectivity index (χ0n) is 11.6. The first-order chi connectivity index (χ1) is 9.70. The van der Waals surface area contributed by atoms with Crippen LogP contribution in [0.15, 0.2) is 42.7 Å². The Kier molecular flexibility index (Phi) is 4.90. The number of nitrogens with two attached hydrogens (primary N) is 1. The molecule has 0 bridgehead atoms. The molecule has 5 heteroatoms. The highest BCUT2D eigenvalue weighted by atomic mass is 16.1. The van der Waals surface area contributed by atoms with E-state index in [0.717, 1.165) is 17.7 Å². The maximum absolute atomic E-state index is 11.7. The topological polar surface area (TPSA) is 72.9 Å². The predicted octanol–water partition coefficient (Wildman–Crippen LogP) is 1.79. The van der Waals surface area contributed by atoms with Gasteiger partial charge in [0, 0.05) is 18.8 Å². The Balaban J connectivity index is 1.97. The number of carbonyl (C=O) groups excluding carboxylic acids is 1. The average Bonchev–Trinajstić information content (AvgIpc) is 2.99. The van der Waals surface area contributed by atoms with Crippen molar-refractivity contribution < 1.29 is 4.79 Å². The molecule has 0 saturated heterocycles. The van der Waals surface area contributed by atoms with Crippen molar-refractivity contribution in [1.29, 1.82) is 0 Å². The summed E-state index contributed by atoms with van der Waals surface area (Å²) in [6.07, 6.45) is 4.84. The summed E-state index contributed by atoms with van der Waals surface area (Å²) in [5.74, 6) is 0.0408. The molecule has 20 heavy (non-hydrogen) atoms. The predicted molar refractivity (Wildman–Crippen MR) is 78.4 cm³/mol. The number of rotatable bonds is 6. The third kappa shape index (κ3) is 3.68. The molecule has 1 aromatic heterocycles. The maximum Gasteiger partial charge on any atom is 0.220 e. The van der Waals surface area contributed by atoms with Gasteiger partial charge >= 0.3 is 0 Å². The van der Waals surface area contributed by atoms with Crippen LogP contribution in [-0.4, -0.2) is 22.2 Å². The summed E-state index contributed by atoms with van der Waals surface area (Å²) in [5.41, 5.74) is 7.47. The molecule has 2 rings (SSSR count). The number of nitrogens with zero attached hydrogens (tertiary/aromatic N) is 2. The summed E-state index contributed by atoms with van der Waals surface area (Å²) in [5, 5.41) is 7.15.